The first-order valence-corrected chi connectivity index (χ1v) is 4.15. The Morgan fingerprint density at radius 3 is 2.43 bits per heavy atom. The van der Waals surface area contributed by atoms with E-state index in [1.807, 2.05) is 30.3 Å². The summed E-state index contributed by atoms with van der Waals surface area (Å²) in [7, 11) is 0. The topological polar surface area (TPSA) is 13.1 Å². The molecule has 1 heterocycles. The van der Waals surface area contributed by atoms with E-state index in [2.05, 4.69) is 16.3 Å². The third-order valence-corrected chi connectivity index (χ3v) is 1.73. The van der Waals surface area contributed by atoms with Crippen LogP contribution in [0.4, 0.5) is 4.39 Å². The van der Waals surface area contributed by atoms with Crippen molar-refractivity contribution in [3.8, 4) is 11.8 Å². The molecule has 1 aromatic heterocycles. The zero-order valence-corrected chi connectivity index (χ0v) is 7.33. The summed E-state index contributed by atoms with van der Waals surface area (Å²) in [4.78, 5) is 0. The number of furan rings is 1. The Morgan fingerprint density at radius 2 is 1.79 bits per heavy atom. The van der Waals surface area contributed by atoms with Crippen LogP contribution in [-0.2, 0) is 0 Å². The number of hydrogen-bond donors (Lipinski definition) is 0. The van der Waals surface area contributed by atoms with Gasteiger partial charge >= 0.3 is 0 Å². The molecule has 2 heteroatoms. The standard InChI is InChI=1S/C12H7FO/c13-12-9-14-8-11(12)7-6-10-4-2-1-3-5-10/h1-5,8-9H. The van der Waals surface area contributed by atoms with Crippen molar-refractivity contribution in [1.82, 2.24) is 0 Å². The summed E-state index contributed by atoms with van der Waals surface area (Å²) >= 11 is 0. The highest BCUT2D eigenvalue weighted by molar-refractivity contribution is 5.41. The second-order valence-electron chi connectivity index (χ2n) is 2.75. The van der Waals surface area contributed by atoms with E-state index in [1.165, 1.54) is 6.26 Å². The summed E-state index contributed by atoms with van der Waals surface area (Å²) < 4.78 is 17.5. The van der Waals surface area contributed by atoms with E-state index < -0.39 is 5.82 Å². The highest BCUT2D eigenvalue weighted by atomic mass is 19.1. The molecule has 0 aliphatic heterocycles. The van der Waals surface area contributed by atoms with E-state index in [9.17, 15) is 4.39 Å². The molecular weight excluding hydrogens is 179 g/mol. The van der Waals surface area contributed by atoms with Crippen LogP contribution in [0.2, 0.25) is 0 Å². The molecule has 0 amide bonds. The molecule has 0 spiro atoms. The average Bonchev–Trinajstić information content (AvgIpc) is 2.63. The Balaban J connectivity index is 2.28. The van der Waals surface area contributed by atoms with E-state index in [0.717, 1.165) is 11.8 Å². The van der Waals surface area contributed by atoms with Gasteiger partial charge in [-0.2, -0.15) is 0 Å². The Hall–Kier alpha value is -2.01. The van der Waals surface area contributed by atoms with Gasteiger partial charge in [-0.3, -0.25) is 0 Å². The van der Waals surface area contributed by atoms with Crippen molar-refractivity contribution in [2.75, 3.05) is 0 Å². The summed E-state index contributed by atoms with van der Waals surface area (Å²) in [5.41, 5.74) is 1.14. The van der Waals surface area contributed by atoms with Gasteiger partial charge in [-0.15, -0.1) is 0 Å². The molecule has 0 aliphatic rings. The third kappa shape index (κ3) is 1.83. The first kappa shape index (κ1) is 8.58. The summed E-state index contributed by atoms with van der Waals surface area (Å²) in [5, 5.41) is 0. The van der Waals surface area contributed by atoms with E-state index >= 15 is 0 Å². The Kier molecular flexibility index (Phi) is 2.33. The van der Waals surface area contributed by atoms with Crippen LogP contribution in [0.15, 0.2) is 47.3 Å². The first-order valence-electron chi connectivity index (χ1n) is 4.15. The minimum Gasteiger partial charge on any atom is -0.468 e. The van der Waals surface area contributed by atoms with Gasteiger partial charge in [-0.05, 0) is 12.1 Å². The number of halogens is 1. The predicted molar refractivity (Wildman–Crippen MR) is 51.1 cm³/mol. The maximum absolute atomic E-state index is 12.9. The molecule has 0 radical (unpaired) electrons. The van der Waals surface area contributed by atoms with E-state index in [-0.39, 0.29) is 5.56 Å². The van der Waals surface area contributed by atoms with Crippen LogP contribution in [0.3, 0.4) is 0 Å². The van der Waals surface area contributed by atoms with Crippen molar-refractivity contribution in [1.29, 1.82) is 0 Å². The van der Waals surface area contributed by atoms with Gasteiger partial charge in [0.25, 0.3) is 0 Å². The predicted octanol–water partition coefficient (Wildman–Crippen LogP) is 2.82. The molecule has 1 nitrogen and oxygen atoms in total. The normalized spacial score (nSPS) is 9.21. The largest absolute Gasteiger partial charge is 0.468 e. The zero-order chi connectivity index (χ0) is 9.80. The molecule has 0 bridgehead atoms. The summed E-state index contributed by atoms with van der Waals surface area (Å²) in [6, 6.07) is 9.41. The smallest absolute Gasteiger partial charge is 0.176 e. The summed E-state index contributed by atoms with van der Waals surface area (Å²) in [5.74, 6) is 5.11. The van der Waals surface area contributed by atoms with Gasteiger partial charge in [-0.1, -0.05) is 30.0 Å². The molecule has 0 atom stereocenters. The first-order chi connectivity index (χ1) is 6.86. The Morgan fingerprint density at radius 1 is 1.00 bits per heavy atom. The van der Waals surface area contributed by atoms with Gasteiger partial charge in [0.1, 0.15) is 12.5 Å². The Bertz CT molecular complexity index is 474. The van der Waals surface area contributed by atoms with Crippen molar-refractivity contribution < 1.29 is 8.81 Å². The molecule has 2 rings (SSSR count). The van der Waals surface area contributed by atoms with Crippen LogP contribution in [0.25, 0.3) is 0 Å². The van der Waals surface area contributed by atoms with E-state index in [1.54, 1.807) is 0 Å². The molecule has 1 aromatic carbocycles. The molecule has 2 aromatic rings. The fraction of sp³-hybridized carbons (Fsp3) is 0. The van der Waals surface area contributed by atoms with Gasteiger partial charge in [0.2, 0.25) is 0 Å². The summed E-state index contributed by atoms with van der Waals surface area (Å²) in [6.07, 6.45) is 2.33. The average molecular weight is 186 g/mol. The highest BCUT2D eigenvalue weighted by Crippen LogP contribution is 2.06. The molecular formula is C12H7FO. The van der Waals surface area contributed by atoms with Gasteiger partial charge in [0.05, 0.1) is 5.56 Å². The zero-order valence-electron chi connectivity index (χ0n) is 7.33. The molecule has 0 aliphatic carbocycles. The lowest BCUT2D eigenvalue weighted by atomic mass is 10.2. The quantitative estimate of drug-likeness (QED) is 0.576. The van der Waals surface area contributed by atoms with Gasteiger partial charge < -0.3 is 4.42 Å². The highest BCUT2D eigenvalue weighted by Gasteiger charge is 1.98. The van der Waals surface area contributed by atoms with Crippen molar-refractivity contribution in [3.63, 3.8) is 0 Å². The van der Waals surface area contributed by atoms with Gasteiger partial charge in [-0.25, -0.2) is 4.39 Å². The summed E-state index contributed by atoms with van der Waals surface area (Å²) in [6.45, 7) is 0. The fourth-order valence-electron chi connectivity index (χ4n) is 1.03. The van der Waals surface area contributed by atoms with E-state index in [0.29, 0.717) is 0 Å². The minimum absolute atomic E-state index is 0.286. The molecule has 0 saturated carbocycles. The van der Waals surface area contributed by atoms with Gasteiger partial charge in [0, 0.05) is 5.56 Å². The second-order valence-corrected chi connectivity index (χ2v) is 2.75. The maximum Gasteiger partial charge on any atom is 0.176 e. The SMILES string of the molecule is Fc1cocc1C#Cc1ccccc1. The van der Waals surface area contributed by atoms with Crippen LogP contribution >= 0.6 is 0 Å². The van der Waals surface area contributed by atoms with E-state index in [4.69, 9.17) is 0 Å². The monoisotopic (exact) mass is 186 g/mol. The molecule has 68 valence electrons. The van der Waals surface area contributed by atoms with Crippen molar-refractivity contribution in [3.05, 3.63) is 59.8 Å². The van der Waals surface area contributed by atoms with Crippen LogP contribution in [0, 0.1) is 17.7 Å². The molecule has 14 heavy (non-hydrogen) atoms. The van der Waals surface area contributed by atoms with Crippen molar-refractivity contribution >= 4 is 0 Å². The maximum atomic E-state index is 12.9. The van der Waals surface area contributed by atoms with Crippen LogP contribution in [0.1, 0.15) is 11.1 Å². The molecule has 0 unspecified atom stereocenters. The lowest BCUT2D eigenvalue weighted by Gasteiger charge is -1.85. The lowest BCUT2D eigenvalue weighted by Crippen LogP contribution is -1.75. The molecule has 0 N–H and O–H groups in total. The van der Waals surface area contributed by atoms with Crippen LogP contribution < -0.4 is 0 Å². The number of rotatable bonds is 0. The lowest BCUT2D eigenvalue weighted by molar-refractivity contribution is 0.532. The Labute approximate surface area is 81.2 Å². The minimum atomic E-state index is -0.423. The molecule has 0 saturated heterocycles. The number of hydrogen-bond acceptors (Lipinski definition) is 1. The van der Waals surface area contributed by atoms with Gasteiger partial charge in [0.15, 0.2) is 5.82 Å². The van der Waals surface area contributed by atoms with Crippen molar-refractivity contribution in [2.24, 2.45) is 0 Å². The van der Waals surface area contributed by atoms with Crippen molar-refractivity contribution in [2.45, 2.75) is 0 Å². The molecule has 0 fully saturated rings. The second kappa shape index (κ2) is 3.80. The third-order valence-electron chi connectivity index (χ3n) is 1.73. The van der Waals surface area contributed by atoms with Crippen LogP contribution in [-0.4, -0.2) is 0 Å². The van der Waals surface area contributed by atoms with Crippen LogP contribution in [0.5, 0.6) is 0 Å². The fourth-order valence-corrected chi connectivity index (χ4v) is 1.03. The number of benzene rings is 1.